The summed E-state index contributed by atoms with van der Waals surface area (Å²) in [7, 11) is 1.64. The van der Waals surface area contributed by atoms with Gasteiger partial charge in [0.1, 0.15) is 6.04 Å². The highest BCUT2D eigenvalue weighted by Crippen LogP contribution is 2.32. The third kappa shape index (κ3) is 7.95. The first kappa shape index (κ1) is 29.1. The monoisotopic (exact) mass is 440 g/mol. The first-order chi connectivity index (χ1) is 14.0. The van der Waals surface area contributed by atoms with Crippen LogP contribution in [-0.4, -0.2) is 58.6 Å². The van der Waals surface area contributed by atoms with E-state index in [-0.39, 0.29) is 35.8 Å². The Hall–Kier alpha value is -1.89. The van der Waals surface area contributed by atoms with Crippen LogP contribution in [0.25, 0.3) is 0 Å². The van der Waals surface area contributed by atoms with Crippen LogP contribution in [0.5, 0.6) is 0 Å². The minimum atomic E-state index is -1.03. The van der Waals surface area contributed by atoms with Gasteiger partial charge in [-0.2, -0.15) is 0 Å². The smallest absolute Gasteiger partial charge is 0.331 e. The maximum atomic E-state index is 13.5. The first-order valence-electron chi connectivity index (χ1n) is 11.1. The molecule has 7 nitrogen and oxygen atoms in total. The quantitative estimate of drug-likeness (QED) is 0.427. The summed E-state index contributed by atoms with van der Waals surface area (Å²) < 4.78 is 0. The number of hydrogen-bond donors (Lipinski definition) is 3. The summed E-state index contributed by atoms with van der Waals surface area (Å²) in [5.41, 5.74) is -1.37. The van der Waals surface area contributed by atoms with Crippen LogP contribution in [0.2, 0.25) is 0 Å². The molecule has 0 rings (SSSR count). The number of nitrogens with one attached hydrogen (secondary N) is 1. The molecule has 31 heavy (non-hydrogen) atoms. The fraction of sp³-hybridized carbons (Fsp3) is 0.792. The Kier molecular flexibility index (Phi) is 10.9. The third-order valence-electron chi connectivity index (χ3n) is 5.88. The molecular formula is C24H44N2O5. The molecule has 0 aromatic carbocycles. The van der Waals surface area contributed by atoms with Gasteiger partial charge in [-0.3, -0.25) is 9.59 Å². The molecule has 0 aliphatic rings. The number of hydrogen-bond acceptors (Lipinski definition) is 4. The molecule has 3 N–H and O–H groups in total. The van der Waals surface area contributed by atoms with Gasteiger partial charge in [0.2, 0.25) is 11.8 Å². The van der Waals surface area contributed by atoms with Gasteiger partial charge in [0.05, 0.1) is 18.1 Å². The normalized spacial score (nSPS) is 16.6. The molecule has 0 bridgehead atoms. The number of carbonyl (C=O) groups excluding carboxylic acids is 2. The van der Waals surface area contributed by atoms with Crippen molar-refractivity contribution in [2.45, 2.75) is 87.2 Å². The average Bonchev–Trinajstić information content (AvgIpc) is 2.65. The predicted octanol–water partition coefficient (Wildman–Crippen LogP) is 3.47. The minimum Gasteiger partial charge on any atom is -0.478 e. The number of rotatable bonds is 11. The van der Waals surface area contributed by atoms with Crippen molar-refractivity contribution in [3.05, 3.63) is 11.6 Å². The maximum absolute atomic E-state index is 13.5. The molecule has 0 aliphatic carbocycles. The summed E-state index contributed by atoms with van der Waals surface area (Å²) in [6, 6.07) is -1.26. The first-order valence-corrected chi connectivity index (χ1v) is 11.1. The molecule has 3 atom stereocenters. The summed E-state index contributed by atoms with van der Waals surface area (Å²) in [5, 5.41) is 22.2. The van der Waals surface area contributed by atoms with Crippen molar-refractivity contribution in [3.8, 4) is 0 Å². The van der Waals surface area contributed by atoms with E-state index >= 15 is 0 Å². The molecular weight excluding hydrogens is 396 g/mol. The second-order valence-electron chi connectivity index (χ2n) is 10.5. The lowest BCUT2D eigenvalue weighted by atomic mass is 9.76. The Morgan fingerprint density at radius 2 is 1.61 bits per heavy atom. The maximum Gasteiger partial charge on any atom is 0.331 e. The van der Waals surface area contributed by atoms with E-state index in [2.05, 4.69) is 5.32 Å². The molecule has 0 aliphatic heterocycles. The minimum absolute atomic E-state index is 0.0207. The van der Waals surface area contributed by atoms with Crippen molar-refractivity contribution in [2.24, 2.45) is 22.7 Å². The van der Waals surface area contributed by atoms with Gasteiger partial charge in [-0.15, -0.1) is 0 Å². The van der Waals surface area contributed by atoms with Crippen molar-refractivity contribution >= 4 is 17.8 Å². The second-order valence-corrected chi connectivity index (χ2v) is 10.5. The standard InChI is InChI=1S/C24H44N2O5/c1-11-24(14-27,13-15(2)3)22(31)25-19(23(7,8)9)20(28)26(10)18(16(4)5)12-17(6)21(29)30/h12,15-16,18-19,27H,11,13-14H2,1-10H3,(H,25,31)(H,29,30)/b17-12+/t18-,19-,24?/m1/s1. The molecule has 0 saturated carbocycles. The van der Waals surface area contributed by atoms with Gasteiger partial charge in [-0.05, 0) is 37.0 Å². The topological polar surface area (TPSA) is 107 Å². The lowest BCUT2D eigenvalue weighted by Gasteiger charge is -2.40. The number of carbonyl (C=O) groups is 3. The molecule has 0 fully saturated rings. The van der Waals surface area contributed by atoms with Crippen LogP contribution in [0.1, 0.15) is 75.2 Å². The van der Waals surface area contributed by atoms with Gasteiger partial charge >= 0.3 is 5.97 Å². The molecule has 0 aromatic heterocycles. The number of aliphatic hydroxyl groups excluding tert-OH is 1. The van der Waals surface area contributed by atoms with E-state index in [1.165, 1.54) is 11.8 Å². The summed E-state index contributed by atoms with van der Waals surface area (Å²) in [6.07, 6.45) is 2.56. The number of aliphatic carboxylic acids is 1. The van der Waals surface area contributed by atoms with Crippen LogP contribution < -0.4 is 5.32 Å². The lowest BCUT2D eigenvalue weighted by molar-refractivity contribution is -0.145. The van der Waals surface area contributed by atoms with Gasteiger partial charge in [-0.25, -0.2) is 4.79 Å². The number of carboxylic acid groups (broad SMARTS) is 1. The summed E-state index contributed by atoms with van der Waals surface area (Å²) >= 11 is 0. The van der Waals surface area contributed by atoms with E-state index in [4.69, 9.17) is 0 Å². The van der Waals surface area contributed by atoms with Gasteiger partial charge < -0.3 is 20.4 Å². The van der Waals surface area contributed by atoms with Crippen LogP contribution >= 0.6 is 0 Å². The van der Waals surface area contributed by atoms with Gasteiger partial charge in [0, 0.05) is 12.6 Å². The molecule has 0 spiro atoms. The Bertz CT molecular complexity index is 657. The third-order valence-corrected chi connectivity index (χ3v) is 5.88. The Morgan fingerprint density at radius 1 is 1.10 bits per heavy atom. The molecule has 7 heteroatoms. The largest absolute Gasteiger partial charge is 0.478 e. The Morgan fingerprint density at radius 3 is 1.94 bits per heavy atom. The van der Waals surface area contributed by atoms with Gasteiger partial charge in [-0.1, -0.05) is 61.5 Å². The average molecular weight is 441 g/mol. The number of likely N-dealkylation sites (N-methyl/N-ethyl adjacent to an activating group) is 1. The number of amides is 2. The van der Waals surface area contributed by atoms with Gasteiger partial charge in [0.15, 0.2) is 0 Å². The Labute approximate surface area is 188 Å². The second kappa shape index (κ2) is 11.7. The van der Waals surface area contributed by atoms with E-state index in [9.17, 15) is 24.6 Å². The Balaban J connectivity index is 6.04. The SMILES string of the molecule is CCC(CO)(CC(C)C)C(=O)N[C@H](C(=O)N(C)[C@H](/C=C(\C)C(=O)O)C(C)C)C(C)(C)C. The van der Waals surface area contributed by atoms with Crippen molar-refractivity contribution in [1.29, 1.82) is 0 Å². The highest BCUT2D eigenvalue weighted by molar-refractivity contribution is 5.91. The van der Waals surface area contributed by atoms with Crippen molar-refractivity contribution < 1.29 is 24.6 Å². The molecule has 0 saturated heterocycles. The molecule has 2 amide bonds. The number of carboxylic acids is 1. The number of nitrogens with zero attached hydrogens (tertiary/aromatic N) is 1. The summed E-state index contributed by atoms with van der Waals surface area (Å²) in [4.78, 5) is 39.6. The lowest BCUT2D eigenvalue weighted by Crippen LogP contribution is -2.59. The van der Waals surface area contributed by atoms with Crippen molar-refractivity contribution in [1.82, 2.24) is 10.2 Å². The van der Waals surface area contributed by atoms with E-state index in [1.54, 1.807) is 13.1 Å². The van der Waals surface area contributed by atoms with Crippen LogP contribution in [0.15, 0.2) is 11.6 Å². The summed E-state index contributed by atoms with van der Waals surface area (Å²) in [6.45, 7) is 16.5. The highest BCUT2D eigenvalue weighted by atomic mass is 16.4. The molecule has 0 aromatic rings. The van der Waals surface area contributed by atoms with Crippen molar-refractivity contribution in [2.75, 3.05) is 13.7 Å². The predicted molar refractivity (Wildman–Crippen MR) is 123 cm³/mol. The fourth-order valence-corrected chi connectivity index (χ4v) is 3.79. The van der Waals surface area contributed by atoms with Crippen LogP contribution in [-0.2, 0) is 14.4 Å². The fourth-order valence-electron chi connectivity index (χ4n) is 3.79. The zero-order valence-corrected chi connectivity index (χ0v) is 21.1. The van der Waals surface area contributed by atoms with Crippen LogP contribution in [0.4, 0.5) is 0 Å². The van der Waals surface area contributed by atoms with Gasteiger partial charge in [0.25, 0.3) is 0 Å². The summed E-state index contributed by atoms with van der Waals surface area (Å²) in [5.74, 6) is -1.46. The zero-order valence-electron chi connectivity index (χ0n) is 21.1. The van der Waals surface area contributed by atoms with Crippen LogP contribution in [0, 0.1) is 22.7 Å². The van der Waals surface area contributed by atoms with E-state index < -0.39 is 28.9 Å². The molecule has 180 valence electrons. The van der Waals surface area contributed by atoms with E-state index in [0.29, 0.717) is 12.8 Å². The molecule has 1 unspecified atom stereocenters. The molecule has 0 radical (unpaired) electrons. The highest BCUT2D eigenvalue weighted by Gasteiger charge is 2.42. The number of aliphatic hydroxyl groups is 1. The zero-order chi connectivity index (χ0) is 24.7. The van der Waals surface area contributed by atoms with E-state index in [1.807, 2.05) is 55.4 Å². The van der Waals surface area contributed by atoms with Crippen molar-refractivity contribution in [3.63, 3.8) is 0 Å². The van der Waals surface area contributed by atoms with E-state index in [0.717, 1.165) is 0 Å². The van der Waals surface area contributed by atoms with Crippen LogP contribution in [0.3, 0.4) is 0 Å². The molecule has 0 heterocycles.